The van der Waals surface area contributed by atoms with Crippen LogP contribution in [-0.4, -0.2) is 57.7 Å². The van der Waals surface area contributed by atoms with Gasteiger partial charge in [-0.05, 0) is 69.1 Å². The van der Waals surface area contributed by atoms with E-state index >= 15 is 0 Å². The van der Waals surface area contributed by atoms with E-state index in [0.717, 1.165) is 39.7 Å². The maximum Gasteiger partial charge on any atom is 0.269 e. The zero-order valence-electron chi connectivity index (χ0n) is 26.2. The first-order chi connectivity index (χ1) is 20.9. The number of benzene rings is 2. The molecule has 0 saturated carbocycles. The number of hydrogen-bond acceptors (Lipinski definition) is 9. The normalized spacial score (nSPS) is 11.1. The zero-order chi connectivity index (χ0) is 32.4. The van der Waals surface area contributed by atoms with Crippen molar-refractivity contribution in [3.63, 3.8) is 0 Å². The summed E-state index contributed by atoms with van der Waals surface area (Å²) in [4.78, 5) is 20.6. The summed E-state index contributed by atoms with van der Waals surface area (Å²) in [7, 11) is -1.14. The highest BCUT2D eigenvalue weighted by Crippen LogP contribution is 2.35. The van der Waals surface area contributed by atoms with E-state index in [4.69, 9.17) is 14.2 Å². The number of non-ortho nitro benzene ring substituents is 2. The Morgan fingerprint density at radius 1 is 0.841 bits per heavy atom. The fraction of sp³-hybridized carbons (Fsp3) is 0.400. The first-order valence-corrected chi connectivity index (χ1v) is 18.0. The van der Waals surface area contributed by atoms with Gasteiger partial charge in [-0.3, -0.25) is 25.3 Å². The highest BCUT2D eigenvalue weighted by Gasteiger charge is 2.20. The van der Waals surface area contributed by atoms with E-state index < -0.39 is 17.9 Å². The van der Waals surface area contributed by atoms with E-state index in [1.807, 2.05) is 27.7 Å². The van der Waals surface area contributed by atoms with Crippen LogP contribution in [0.25, 0.3) is 22.3 Å². The molecule has 0 aliphatic rings. The van der Waals surface area contributed by atoms with E-state index in [0.29, 0.717) is 38.3 Å². The van der Waals surface area contributed by atoms with Crippen LogP contribution in [0.5, 0.6) is 11.8 Å². The molecule has 0 fully saturated rings. The molecule has 0 bridgehead atoms. The Morgan fingerprint density at radius 3 is 1.84 bits per heavy atom. The number of nitrogens with one attached hydrogen (secondary N) is 1. The predicted octanol–water partition coefficient (Wildman–Crippen LogP) is 7.17. The molecule has 0 aliphatic heterocycles. The highest BCUT2D eigenvalue weighted by atomic mass is 28.3. The number of aromatic nitrogens is 4. The molecule has 0 spiro atoms. The van der Waals surface area contributed by atoms with Crippen LogP contribution in [0.15, 0.2) is 48.5 Å². The van der Waals surface area contributed by atoms with Crippen LogP contribution in [0.4, 0.5) is 11.4 Å². The monoisotopic (exact) mass is 624 g/mol. The van der Waals surface area contributed by atoms with E-state index in [1.165, 1.54) is 24.3 Å². The Balaban J connectivity index is 0.000000257. The molecule has 2 aromatic heterocycles. The minimum atomic E-state index is -1.14. The van der Waals surface area contributed by atoms with Crippen LogP contribution < -0.4 is 9.47 Å². The van der Waals surface area contributed by atoms with Crippen LogP contribution in [-0.2, 0) is 11.5 Å². The summed E-state index contributed by atoms with van der Waals surface area (Å²) >= 11 is 0. The smallest absolute Gasteiger partial charge is 0.269 e. The summed E-state index contributed by atoms with van der Waals surface area (Å²) in [5.41, 5.74) is 5.16. The number of H-pyrrole nitrogens is 1. The summed E-state index contributed by atoms with van der Waals surface area (Å²) in [6.07, 6.45) is 0. The molecule has 0 unspecified atom stereocenters. The summed E-state index contributed by atoms with van der Waals surface area (Å²) in [5, 5.41) is 32.9. The third kappa shape index (κ3) is 8.97. The molecule has 14 heteroatoms. The fourth-order valence-electron chi connectivity index (χ4n) is 4.28. The number of hydrogen-bond donors (Lipinski definition) is 1. The number of nitrogens with zero attached hydrogens (tertiary/aromatic N) is 5. The van der Waals surface area contributed by atoms with Gasteiger partial charge in [0, 0.05) is 44.6 Å². The summed E-state index contributed by atoms with van der Waals surface area (Å²) in [5.74, 6) is 1.15. The van der Waals surface area contributed by atoms with E-state index in [1.54, 1.807) is 28.9 Å². The van der Waals surface area contributed by atoms with Gasteiger partial charge in [-0.15, -0.1) is 5.10 Å². The largest absolute Gasteiger partial charge is 0.478 e. The van der Waals surface area contributed by atoms with E-state index in [-0.39, 0.29) is 11.4 Å². The van der Waals surface area contributed by atoms with Crippen LogP contribution >= 0.6 is 0 Å². The molecule has 2 heterocycles. The van der Waals surface area contributed by atoms with Crippen LogP contribution in [0.1, 0.15) is 25.2 Å². The second kappa shape index (κ2) is 15.2. The lowest BCUT2D eigenvalue weighted by Crippen LogP contribution is -2.22. The molecule has 2 aromatic carbocycles. The van der Waals surface area contributed by atoms with Gasteiger partial charge in [-0.1, -0.05) is 19.6 Å². The Labute approximate surface area is 257 Å². The molecule has 0 radical (unpaired) electrons. The molecule has 1 N–H and O–H groups in total. The lowest BCUT2D eigenvalue weighted by Gasteiger charge is -2.16. The molecule has 0 amide bonds. The van der Waals surface area contributed by atoms with E-state index in [9.17, 15) is 20.2 Å². The maximum absolute atomic E-state index is 10.9. The number of rotatable bonds is 13. The van der Waals surface area contributed by atoms with Crippen molar-refractivity contribution in [2.45, 2.75) is 60.1 Å². The fourth-order valence-corrected chi connectivity index (χ4v) is 5.04. The zero-order valence-corrected chi connectivity index (χ0v) is 27.2. The van der Waals surface area contributed by atoms with Crippen molar-refractivity contribution in [2.24, 2.45) is 0 Å². The number of nitro groups is 2. The van der Waals surface area contributed by atoms with Crippen molar-refractivity contribution in [1.29, 1.82) is 0 Å². The lowest BCUT2D eigenvalue weighted by molar-refractivity contribution is -0.385. The summed E-state index contributed by atoms with van der Waals surface area (Å²) < 4.78 is 18.8. The number of ether oxygens (including phenoxy) is 3. The predicted molar refractivity (Wildman–Crippen MR) is 171 cm³/mol. The average Bonchev–Trinajstić information content (AvgIpc) is 3.49. The van der Waals surface area contributed by atoms with Crippen molar-refractivity contribution in [3.8, 4) is 34.0 Å². The standard InChI is InChI=1S/C18H27N3O4Si.C12H13N3O3/c1-6-25-18-17(15-7-9-16(10-8-15)21(22)23)14(2)19-20(18)13-24-11-12-26(3,4)5;1-3-18-12-11(8(2)13-14-12)9-4-6-10(7-5-9)15(16)17/h7-10H,6,11-13H2,1-5H3;4-7H,3H2,1-2H3,(H,13,14). The molecule has 0 aliphatic carbocycles. The van der Waals surface area contributed by atoms with Gasteiger partial charge in [-0.2, -0.15) is 5.10 Å². The Kier molecular flexibility index (Phi) is 11.8. The van der Waals surface area contributed by atoms with E-state index in [2.05, 4.69) is 34.9 Å². The molecular formula is C30H40N6O7Si. The van der Waals surface area contributed by atoms with Gasteiger partial charge < -0.3 is 14.2 Å². The molecule has 4 aromatic rings. The van der Waals surface area contributed by atoms with Gasteiger partial charge in [0.25, 0.3) is 11.4 Å². The molecule has 4 rings (SSSR count). The molecule has 236 valence electrons. The molecular weight excluding hydrogens is 584 g/mol. The minimum absolute atomic E-state index is 0.0615. The number of aryl methyl sites for hydroxylation is 2. The Morgan fingerprint density at radius 2 is 1.36 bits per heavy atom. The molecule has 44 heavy (non-hydrogen) atoms. The second-order valence-corrected chi connectivity index (χ2v) is 16.7. The second-order valence-electron chi connectivity index (χ2n) is 11.1. The summed E-state index contributed by atoms with van der Waals surface area (Å²) in [6.45, 7) is 16.6. The van der Waals surface area contributed by atoms with Gasteiger partial charge in [0.2, 0.25) is 11.8 Å². The highest BCUT2D eigenvalue weighted by molar-refractivity contribution is 6.76. The van der Waals surface area contributed by atoms with Crippen LogP contribution in [0, 0.1) is 34.1 Å². The quantitative estimate of drug-likeness (QED) is 0.0703. The summed E-state index contributed by atoms with van der Waals surface area (Å²) in [6, 6.07) is 13.8. The molecule has 13 nitrogen and oxygen atoms in total. The first-order valence-electron chi connectivity index (χ1n) is 14.3. The van der Waals surface area contributed by atoms with Gasteiger partial charge in [-0.25, -0.2) is 4.68 Å². The molecule has 0 atom stereocenters. The lowest BCUT2D eigenvalue weighted by atomic mass is 10.1. The van der Waals surface area contributed by atoms with Gasteiger partial charge in [0.1, 0.15) is 6.73 Å². The van der Waals surface area contributed by atoms with Crippen LogP contribution in [0.2, 0.25) is 25.7 Å². The van der Waals surface area contributed by atoms with Gasteiger partial charge in [0.15, 0.2) is 0 Å². The maximum atomic E-state index is 10.9. The Hall–Kier alpha value is -4.56. The third-order valence-corrected chi connectivity index (χ3v) is 8.20. The van der Waals surface area contributed by atoms with Crippen molar-refractivity contribution in [3.05, 3.63) is 80.1 Å². The van der Waals surface area contributed by atoms with Crippen molar-refractivity contribution < 1.29 is 24.1 Å². The Bertz CT molecular complexity index is 1540. The number of aromatic amines is 1. The van der Waals surface area contributed by atoms with Crippen molar-refractivity contribution in [2.75, 3.05) is 19.8 Å². The van der Waals surface area contributed by atoms with Crippen molar-refractivity contribution in [1.82, 2.24) is 20.0 Å². The van der Waals surface area contributed by atoms with Gasteiger partial charge in [0.05, 0.1) is 39.9 Å². The van der Waals surface area contributed by atoms with Gasteiger partial charge >= 0.3 is 0 Å². The minimum Gasteiger partial charge on any atom is -0.478 e. The molecule has 0 saturated heterocycles. The topological polar surface area (TPSA) is 160 Å². The van der Waals surface area contributed by atoms with Crippen LogP contribution in [0.3, 0.4) is 0 Å². The average molecular weight is 625 g/mol. The number of nitro benzene ring substituents is 2. The van der Waals surface area contributed by atoms with Crippen molar-refractivity contribution >= 4 is 19.4 Å². The first kappa shape index (κ1) is 33.9. The third-order valence-electron chi connectivity index (χ3n) is 6.50. The SMILES string of the molecule is CCOc1c(-c2ccc([N+](=O)[O-])cc2)c(C)nn1COCC[Si](C)(C)C.CCOc1n[nH]c(C)c1-c1ccc([N+](=O)[O-])cc1.